The maximum atomic E-state index is 11.3. The van der Waals surface area contributed by atoms with Crippen LogP contribution in [0.1, 0.15) is 20.8 Å². The van der Waals surface area contributed by atoms with Gasteiger partial charge in [-0.2, -0.15) is 0 Å². The van der Waals surface area contributed by atoms with Crippen LogP contribution >= 0.6 is 0 Å². The average Bonchev–Trinajstić information content (AvgIpc) is 2.98. The molecule has 1 rings (SSSR count). The van der Waals surface area contributed by atoms with Gasteiger partial charge in [-0.05, 0) is 32.9 Å². The average molecular weight is 617 g/mol. The minimum atomic E-state index is -1.13. The van der Waals surface area contributed by atoms with Gasteiger partial charge in [0.2, 0.25) is 0 Å². The summed E-state index contributed by atoms with van der Waals surface area (Å²) in [4.78, 5) is 11.3. The third-order valence-corrected chi connectivity index (χ3v) is 5.35. The van der Waals surface area contributed by atoms with Crippen molar-refractivity contribution in [2.45, 2.75) is 32.5 Å². The summed E-state index contributed by atoms with van der Waals surface area (Å²) >= 11 is 0. The summed E-state index contributed by atoms with van der Waals surface area (Å²) in [5, 5.41) is 9.24. The Morgan fingerprint density at radius 2 is 1.02 bits per heavy atom. The summed E-state index contributed by atoms with van der Waals surface area (Å²) in [7, 11) is 0. The standard InChI is InChI=1S/C31H52O12/c1-27(30(32)33)29(26-42-28-8-6-5-7-9-28)41-24-22-39-20-18-37-16-14-35-12-10-34-11-13-36-15-17-38-19-21-40-23-25-43-31(2,3)4/h5-9,29H,1,10-26H2,2-4H3,(H,32,33). The van der Waals surface area contributed by atoms with E-state index in [0.717, 1.165) is 0 Å². The van der Waals surface area contributed by atoms with E-state index >= 15 is 0 Å². The zero-order chi connectivity index (χ0) is 31.4. The summed E-state index contributed by atoms with van der Waals surface area (Å²) in [5.41, 5.74) is -0.217. The number of carbonyl (C=O) groups is 1. The van der Waals surface area contributed by atoms with Crippen molar-refractivity contribution in [3.05, 3.63) is 42.5 Å². The number of carboxylic acids is 1. The Bertz CT molecular complexity index is 800. The van der Waals surface area contributed by atoms with E-state index in [4.69, 9.17) is 47.4 Å². The SMILES string of the molecule is C=C(C(=O)O)C(COc1ccccc1)OCCOCCOCCOCCOCCOCCOCCOCCOC(C)(C)C. The van der Waals surface area contributed by atoms with Crippen LogP contribution in [0.5, 0.6) is 5.75 Å². The largest absolute Gasteiger partial charge is 0.491 e. The van der Waals surface area contributed by atoms with E-state index in [-0.39, 0.29) is 31.0 Å². The molecule has 0 saturated heterocycles. The zero-order valence-corrected chi connectivity index (χ0v) is 26.1. The molecular formula is C31H52O12. The molecule has 43 heavy (non-hydrogen) atoms. The molecule has 0 heterocycles. The molecule has 0 saturated carbocycles. The minimum Gasteiger partial charge on any atom is -0.491 e. The van der Waals surface area contributed by atoms with Gasteiger partial charge in [-0.15, -0.1) is 0 Å². The Hall–Kier alpha value is -2.13. The van der Waals surface area contributed by atoms with Crippen LogP contribution in [0.15, 0.2) is 42.5 Å². The van der Waals surface area contributed by atoms with Crippen molar-refractivity contribution in [3.8, 4) is 5.75 Å². The molecule has 0 aliphatic heterocycles. The van der Waals surface area contributed by atoms with Crippen LogP contribution in [0.4, 0.5) is 0 Å². The third kappa shape index (κ3) is 25.0. The fourth-order valence-corrected chi connectivity index (χ4v) is 3.15. The van der Waals surface area contributed by atoms with Crippen molar-refractivity contribution in [1.82, 2.24) is 0 Å². The first-order chi connectivity index (χ1) is 20.8. The molecule has 1 aromatic carbocycles. The third-order valence-electron chi connectivity index (χ3n) is 5.35. The fraction of sp³-hybridized carbons (Fsp3) is 0.710. The van der Waals surface area contributed by atoms with Crippen molar-refractivity contribution in [3.63, 3.8) is 0 Å². The monoisotopic (exact) mass is 616 g/mol. The van der Waals surface area contributed by atoms with Crippen LogP contribution in [0.25, 0.3) is 0 Å². The molecule has 0 aromatic heterocycles. The Kier molecular flexibility index (Phi) is 23.8. The molecule has 0 aliphatic rings. The quantitative estimate of drug-likeness (QED) is 0.101. The van der Waals surface area contributed by atoms with Crippen molar-refractivity contribution in [1.29, 1.82) is 0 Å². The van der Waals surface area contributed by atoms with Crippen LogP contribution in [-0.2, 0) is 47.4 Å². The Labute approximate surface area is 256 Å². The highest BCUT2D eigenvalue weighted by molar-refractivity contribution is 5.87. The molecule has 1 aromatic rings. The number of ether oxygens (including phenoxy) is 10. The summed E-state index contributed by atoms with van der Waals surface area (Å²) in [6.07, 6.45) is -0.786. The molecule has 12 heteroatoms. The molecule has 0 aliphatic carbocycles. The molecule has 0 fully saturated rings. The first kappa shape index (κ1) is 38.9. The van der Waals surface area contributed by atoms with E-state index in [1.165, 1.54) is 0 Å². The highest BCUT2D eigenvalue weighted by Gasteiger charge is 2.20. The van der Waals surface area contributed by atoms with Crippen molar-refractivity contribution in [2.24, 2.45) is 0 Å². The summed E-state index contributed by atoms with van der Waals surface area (Å²) in [6.45, 7) is 17.0. The highest BCUT2D eigenvalue weighted by atomic mass is 16.6. The number of aliphatic carboxylic acids is 1. The molecule has 248 valence electrons. The van der Waals surface area contributed by atoms with Gasteiger partial charge < -0.3 is 52.5 Å². The Morgan fingerprint density at radius 1 is 0.651 bits per heavy atom. The number of hydrogen-bond donors (Lipinski definition) is 1. The van der Waals surface area contributed by atoms with Gasteiger partial charge in [0.1, 0.15) is 18.5 Å². The van der Waals surface area contributed by atoms with Gasteiger partial charge in [0, 0.05) is 0 Å². The fourth-order valence-electron chi connectivity index (χ4n) is 3.15. The van der Waals surface area contributed by atoms with E-state index < -0.39 is 12.1 Å². The lowest BCUT2D eigenvalue weighted by atomic mass is 10.2. The van der Waals surface area contributed by atoms with Crippen LogP contribution in [0, 0.1) is 0 Å². The number of carboxylic acid groups (broad SMARTS) is 1. The highest BCUT2D eigenvalue weighted by Crippen LogP contribution is 2.12. The molecule has 1 N–H and O–H groups in total. The molecule has 12 nitrogen and oxygen atoms in total. The second-order valence-corrected chi connectivity index (χ2v) is 10.1. The molecule has 1 unspecified atom stereocenters. The number of rotatable bonds is 30. The van der Waals surface area contributed by atoms with E-state index in [2.05, 4.69) is 6.58 Å². The molecule has 0 amide bonds. The lowest BCUT2D eigenvalue weighted by Crippen LogP contribution is -2.29. The lowest BCUT2D eigenvalue weighted by Gasteiger charge is -2.19. The zero-order valence-electron chi connectivity index (χ0n) is 26.1. The molecular weight excluding hydrogens is 564 g/mol. The smallest absolute Gasteiger partial charge is 0.333 e. The molecule has 0 spiro atoms. The molecule has 1 atom stereocenters. The maximum Gasteiger partial charge on any atom is 0.333 e. The number of benzene rings is 1. The van der Waals surface area contributed by atoms with Crippen LogP contribution < -0.4 is 4.74 Å². The number of hydrogen-bond acceptors (Lipinski definition) is 11. The first-order valence-corrected chi connectivity index (χ1v) is 14.7. The predicted molar refractivity (Wildman–Crippen MR) is 160 cm³/mol. The molecule has 0 radical (unpaired) electrons. The minimum absolute atomic E-state index is 0.0404. The van der Waals surface area contributed by atoms with E-state index in [9.17, 15) is 9.90 Å². The number of para-hydroxylation sites is 1. The van der Waals surface area contributed by atoms with Gasteiger partial charge in [0.25, 0.3) is 0 Å². The van der Waals surface area contributed by atoms with E-state index in [1.807, 2.05) is 39.0 Å². The van der Waals surface area contributed by atoms with Gasteiger partial charge in [0.15, 0.2) is 0 Å². The Morgan fingerprint density at radius 3 is 1.40 bits per heavy atom. The van der Waals surface area contributed by atoms with Gasteiger partial charge in [-0.3, -0.25) is 0 Å². The van der Waals surface area contributed by atoms with Crippen molar-refractivity contribution in [2.75, 3.05) is 112 Å². The van der Waals surface area contributed by atoms with Crippen LogP contribution in [0.2, 0.25) is 0 Å². The van der Waals surface area contributed by atoms with Crippen LogP contribution in [0.3, 0.4) is 0 Å². The van der Waals surface area contributed by atoms with Crippen LogP contribution in [-0.4, -0.2) is 135 Å². The summed E-state index contributed by atoms with van der Waals surface area (Å²) < 4.78 is 55.0. The van der Waals surface area contributed by atoms with Crippen molar-refractivity contribution < 1.29 is 57.3 Å². The van der Waals surface area contributed by atoms with Gasteiger partial charge >= 0.3 is 5.97 Å². The van der Waals surface area contributed by atoms with Gasteiger partial charge in [0.05, 0.1) is 117 Å². The summed E-state index contributed by atoms with van der Waals surface area (Å²) in [5.74, 6) is -0.509. The van der Waals surface area contributed by atoms with E-state index in [1.54, 1.807) is 12.1 Å². The lowest BCUT2D eigenvalue weighted by molar-refractivity contribution is -0.134. The normalized spacial score (nSPS) is 12.3. The van der Waals surface area contributed by atoms with Gasteiger partial charge in [-0.25, -0.2) is 4.79 Å². The topological polar surface area (TPSA) is 130 Å². The van der Waals surface area contributed by atoms with E-state index in [0.29, 0.717) is 98.2 Å². The molecule has 0 bridgehead atoms. The second-order valence-electron chi connectivity index (χ2n) is 10.1. The predicted octanol–water partition coefficient (Wildman–Crippen LogP) is 3.02. The Balaban J connectivity index is 1.82. The van der Waals surface area contributed by atoms with Crippen molar-refractivity contribution >= 4 is 5.97 Å². The van der Waals surface area contributed by atoms with Gasteiger partial charge in [-0.1, -0.05) is 24.8 Å². The second kappa shape index (κ2) is 26.3. The first-order valence-electron chi connectivity index (χ1n) is 14.7. The summed E-state index contributed by atoms with van der Waals surface area (Å²) in [6, 6.07) is 9.09. The maximum absolute atomic E-state index is 11.3.